The van der Waals surface area contributed by atoms with Crippen LogP contribution >= 0.6 is 11.6 Å². The van der Waals surface area contributed by atoms with Crippen molar-refractivity contribution in [2.45, 2.75) is 37.5 Å². The maximum atomic E-state index is 13.4. The fourth-order valence-corrected chi connectivity index (χ4v) is 4.88. The fraction of sp³-hybridized carbons (Fsp3) is 0.310. The van der Waals surface area contributed by atoms with Crippen LogP contribution in [0, 0.1) is 0 Å². The molecule has 1 aliphatic rings. The lowest BCUT2D eigenvalue weighted by molar-refractivity contribution is -0.149. The van der Waals surface area contributed by atoms with Crippen LogP contribution in [0.5, 0.6) is 11.5 Å². The van der Waals surface area contributed by atoms with E-state index in [4.69, 9.17) is 25.8 Å². The molecule has 0 aromatic heterocycles. The van der Waals surface area contributed by atoms with Crippen molar-refractivity contribution in [2.75, 3.05) is 20.8 Å². The van der Waals surface area contributed by atoms with Gasteiger partial charge in [0, 0.05) is 18.1 Å². The predicted molar refractivity (Wildman–Crippen MR) is 142 cm³/mol. The molecule has 0 bridgehead atoms. The largest absolute Gasteiger partial charge is 0.496 e. The van der Waals surface area contributed by atoms with Crippen LogP contribution in [-0.4, -0.2) is 49.0 Å². The number of hydrogen-bond donors (Lipinski definition) is 3. The van der Waals surface area contributed by atoms with E-state index in [1.165, 1.54) is 0 Å². The van der Waals surface area contributed by atoms with E-state index in [1.807, 2.05) is 12.1 Å². The fourth-order valence-electron chi connectivity index (χ4n) is 4.76. The average molecular weight is 540 g/mol. The first kappa shape index (κ1) is 27.4. The van der Waals surface area contributed by atoms with Crippen LogP contribution < -0.4 is 14.8 Å². The van der Waals surface area contributed by atoms with Gasteiger partial charge in [-0.3, -0.25) is 4.79 Å². The molecule has 3 N–H and O–H groups in total. The second-order valence-electron chi connectivity index (χ2n) is 9.08. The summed E-state index contributed by atoms with van der Waals surface area (Å²) in [5, 5.41) is 22.7. The number of aliphatic hydroxyl groups excluding tert-OH is 1. The number of halogens is 1. The van der Waals surface area contributed by atoms with E-state index in [1.54, 1.807) is 62.8 Å². The summed E-state index contributed by atoms with van der Waals surface area (Å²) in [6, 6.07) is 16.4. The van der Waals surface area contributed by atoms with Crippen molar-refractivity contribution in [3.8, 4) is 22.6 Å². The second kappa shape index (κ2) is 11.9. The molecule has 1 amide bonds. The van der Waals surface area contributed by atoms with Gasteiger partial charge in [0.1, 0.15) is 17.5 Å². The maximum absolute atomic E-state index is 13.4. The zero-order chi connectivity index (χ0) is 27.3. The number of carboxylic acids is 1. The van der Waals surface area contributed by atoms with Gasteiger partial charge in [0.2, 0.25) is 0 Å². The molecular weight excluding hydrogens is 510 g/mol. The number of ether oxygens (including phenoxy) is 3. The van der Waals surface area contributed by atoms with Crippen LogP contribution in [-0.2, 0) is 33.0 Å². The summed E-state index contributed by atoms with van der Waals surface area (Å²) in [4.78, 5) is 25.5. The number of aliphatic carboxylic acids is 1. The highest BCUT2D eigenvalue weighted by molar-refractivity contribution is 6.30. The monoisotopic (exact) mass is 539 g/mol. The van der Waals surface area contributed by atoms with Gasteiger partial charge in [-0.25, -0.2) is 4.79 Å². The Kier molecular flexibility index (Phi) is 8.56. The van der Waals surface area contributed by atoms with Crippen molar-refractivity contribution in [3.63, 3.8) is 0 Å². The van der Waals surface area contributed by atoms with Crippen molar-refractivity contribution in [1.29, 1.82) is 0 Å². The molecule has 8 nitrogen and oxygen atoms in total. The summed E-state index contributed by atoms with van der Waals surface area (Å²) in [6.07, 6.45) is 1.21. The number of benzene rings is 3. The molecule has 0 spiro atoms. The number of carbonyl (C=O) groups is 2. The molecule has 2 atom stereocenters. The lowest BCUT2D eigenvalue weighted by Gasteiger charge is -2.29. The second-order valence-corrected chi connectivity index (χ2v) is 9.52. The van der Waals surface area contributed by atoms with E-state index in [0.29, 0.717) is 52.7 Å². The van der Waals surface area contributed by atoms with E-state index >= 15 is 0 Å². The molecule has 1 fully saturated rings. The third kappa shape index (κ3) is 5.62. The minimum absolute atomic E-state index is 0.0791. The topological polar surface area (TPSA) is 114 Å². The number of nitrogens with one attached hydrogen (secondary N) is 1. The van der Waals surface area contributed by atoms with Crippen LogP contribution in [0.15, 0.2) is 60.7 Å². The third-order valence-corrected chi connectivity index (χ3v) is 6.98. The molecule has 0 radical (unpaired) electrons. The highest BCUT2D eigenvalue weighted by atomic mass is 35.5. The van der Waals surface area contributed by atoms with E-state index in [-0.39, 0.29) is 13.0 Å². The number of rotatable bonds is 10. The van der Waals surface area contributed by atoms with Crippen LogP contribution in [0.25, 0.3) is 11.1 Å². The molecule has 200 valence electrons. The number of aliphatic hydroxyl groups is 1. The highest BCUT2D eigenvalue weighted by Crippen LogP contribution is 2.40. The van der Waals surface area contributed by atoms with Gasteiger partial charge in [0.25, 0.3) is 5.91 Å². The van der Waals surface area contributed by atoms with Crippen LogP contribution in [0.1, 0.15) is 29.5 Å². The number of carboxylic acid groups (broad SMARTS) is 1. The summed E-state index contributed by atoms with van der Waals surface area (Å²) in [7, 11) is 3.08. The lowest BCUT2D eigenvalue weighted by atomic mass is 9.89. The number of hydrogen-bond acceptors (Lipinski definition) is 6. The van der Waals surface area contributed by atoms with E-state index < -0.39 is 23.5 Å². The lowest BCUT2D eigenvalue weighted by Crippen LogP contribution is -2.51. The van der Waals surface area contributed by atoms with Crippen molar-refractivity contribution < 1.29 is 34.0 Å². The van der Waals surface area contributed by atoms with Gasteiger partial charge in [0.15, 0.2) is 5.60 Å². The quantitative estimate of drug-likeness (QED) is 0.351. The SMILES string of the molecule is COc1cc(CO)cc(OC)c1-c1ccc(C[C@H](NC(=O)C2(c3ccc(Cl)cc3)CCCO2)C(=O)O)cc1. The number of carbonyl (C=O) groups excluding carboxylic acids is 1. The summed E-state index contributed by atoms with van der Waals surface area (Å²) < 4.78 is 16.9. The zero-order valence-electron chi connectivity index (χ0n) is 21.2. The van der Waals surface area contributed by atoms with Crippen molar-refractivity contribution in [1.82, 2.24) is 5.32 Å². The predicted octanol–water partition coefficient (Wildman–Crippen LogP) is 4.33. The molecule has 0 saturated carbocycles. The number of methoxy groups -OCH3 is 2. The Balaban J connectivity index is 1.55. The van der Waals surface area contributed by atoms with Gasteiger partial charge in [-0.1, -0.05) is 48.0 Å². The van der Waals surface area contributed by atoms with E-state index in [2.05, 4.69) is 5.32 Å². The average Bonchev–Trinajstić information content (AvgIpc) is 3.44. The molecule has 3 aromatic carbocycles. The van der Waals surface area contributed by atoms with Gasteiger partial charge in [-0.15, -0.1) is 0 Å². The molecule has 1 saturated heterocycles. The first-order chi connectivity index (χ1) is 18.3. The molecule has 0 aliphatic carbocycles. The summed E-state index contributed by atoms with van der Waals surface area (Å²) in [6.45, 7) is 0.250. The Morgan fingerprint density at radius 2 is 1.66 bits per heavy atom. The van der Waals surface area contributed by atoms with Gasteiger partial charge >= 0.3 is 5.97 Å². The van der Waals surface area contributed by atoms with Crippen LogP contribution in [0.3, 0.4) is 0 Å². The zero-order valence-corrected chi connectivity index (χ0v) is 22.0. The molecular formula is C29H30ClNO7. The number of amides is 1. The van der Waals surface area contributed by atoms with E-state index in [0.717, 1.165) is 11.1 Å². The van der Waals surface area contributed by atoms with Crippen molar-refractivity contribution in [3.05, 3.63) is 82.4 Å². The first-order valence-corrected chi connectivity index (χ1v) is 12.6. The summed E-state index contributed by atoms with van der Waals surface area (Å²) in [5.41, 5.74) is 2.27. The Bertz CT molecular complexity index is 1260. The van der Waals surface area contributed by atoms with Gasteiger partial charge in [-0.05, 0) is 59.4 Å². The normalized spacial score (nSPS) is 17.6. The molecule has 9 heteroatoms. The molecule has 1 aliphatic heterocycles. The molecule has 3 aromatic rings. The minimum atomic E-state index is -1.25. The van der Waals surface area contributed by atoms with Crippen molar-refractivity contribution in [2.24, 2.45) is 0 Å². The van der Waals surface area contributed by atoms with E-state index in [9.17, 15) is 19.8 Å². The highest BCUT2D eigenvalue weighted by Gasteiger charge is 2.45. The first-order valence-electron chi connectivity index (χ1n) is 12.2. The molecule has 4 rings (SSSR count). The van der Waals surface area contributed by atoms with Gasteiger partial charge in [-0.2, -0.15) is 0 Å². The smallest absolute Gasteiger partial charge is 0.326 e. The van der Waals surface area contributed by atoms with Crippen LogP contribution in [0.4, 0.5) is 0 Å². The van der Waals surface area contributed by atoms with Crippen LogP contribution in [0.2, 0.25) is 5.02 Å². The Morgan fingerprint density at radius 1 is 1.03 bits per heavy atom. The van der Waals surface area contributed by atoms with Crippen molar-refractivity contribution >= 4 is 23.5 Å². The Morgan fingerprint density at radius 3 is 2.16 bits per heavy atom. The molecule has 38 heavy (non-hydrogen) atoms. The molecule has 1 heterocycles. The maximum Gasteiger partial charge on any atom is 0.326 e. The minimum Gasteiger partial charge on any atom is -0.496 e. The Labute approximate surface area is 226 Å². The summed E-state index contributed by atoms with van der Waals surface area (Å²) in [5.74, 6) is -0.545. The molecule has 1 unspecified atom stereocenters. The van der Waals surface area contributed by atoms with Gasteiger partial charge < -0.3 is 29.7 Å². The third-order valence-electron chi connectivity index (χ3n) is 6.73. The summed E-state index contributed by atoms with van der Waals surface area (Å²) >= 11 is 6.01. The Hall–Kier alpha value is -3.59. The van der Waals surface area contributed by atoms with Gasteiger partial charge in [0.05, 0.1) is 26.4 Å². The standard InChI is InChI=1S/C29H30ClNO7/c1-36-24-15-19(17-32)16-25(37-2)26(24)20-6-4-18(5-7-20)14-23(27(33)34)31-28(35)29(12-3-13-38-29)21-8-10-22(30)11-9-21/h4-11,15-16,23,32H,3,12-14,17H2,1-2H3,(H,31,35)(H,33,34)/t23-,29?/m0/s1.